The molecule has 1 N–H and O–H groups in total. The quantitative estimate of drug-likeness (QED) is 0.884. The van der Waals surface area contributed by atoms with E-state index < -0.39 is 0 Å². The summed E-state index contributed by atoms with van der Waals surface area (Å²) in [5, 5.41) is 3.32. The molecule has 106 valence electrons. The normalized spacial score (nSPS) is 23.1. The van der Waals surface area contributed by atoms with E-state index in [1.165, 1.54) is 25.7 Å². The van der Waals surface area contributed by atoms with E-state index in [1.807, 2.05) is 0 Å². The summed E-state index contributed by atoms with van der Waals surface area (Å²) in [6.07, 6.45) is 8.03. The number of nitrogens with one attached hydrogen (secondary N) is 1. The molecule has 1 aromatic rings. The van der Waals surface area contributed by atoms with Crippen LogP contribution in [0.25, 0.3) is 0 Å². The van der Waals surface area contributed by atoms with Crippen molar-refractivity contribution in [3.63, 3.8) is 0 Å². The minimum absolute atomic E-state index is 0.623. The topological polar surface area (TPSA) is 41.0 Å². The zero-order valence-electron chi connectivity index (χ0n) is 12.4. The fourth-order valence-electron chi connectivity index (χ4n) is 2.83. The van der Waals surface area contributed by atoms with Crippen LogP contribution in [0.15, 0.2) is 12.4 Å². The van der Waals surface area contributed by atoms with Gasteiger partial charge in [0.05, 0.1) is 0 Å². The van der Waals surface area contributed by atoms with Crippen LogP contribution in [0.3, 0.4) is 0 Å². The molecule has 0 radical (unpaired) electrons. The zero-order valence-corrected chi connectivity index (χ0v) is 12.4. The van der Waals surface area contributed by atoms with Gasteiger partial charge in [0.1, 0.15) is 18.0 Å². The highest BCUT2D eigenvalue weighted by Gasteiger charge is 2.23. The monoisotopic (exact) mass is 262 g/mol. The summed E-state index contributed by atoms with van der Waals surface area (Å²) >= 11 is 0. The van der Waals surface area contributed by atoms with Gasteiger partial charge in [-0.3, -0.25) is 0 Å². The minimum Gasteiger partial charge on any atom is -0.370 e. The summed E-state index contributed by atoms with van der Waals surface area (Å²) in [4.78, 5) is 11.0. The molecule has 2 rings (SSSR count). The van der Waals surface area contributed by atoms with Crippen LogP contribution in [0.1, 0.15) is 46.0 Å². The lowest BCUT2D eigenvalue weighted by Crippen LogP contribution is -2.36. The van der Waals surface area contributed by atoms with E-state index in [0.717, 1.165) is 30.5 Å². The van der Waals surface area contributed by atoms with Crippen molar-refractivity contribution in [3.8, 4) is 0 Å². The first kappa shape index (κ1) is 14.1. The summed E-state index contributed by atoms with van der Waals surface area (Å²) in [6, 6.07) is 2.69. The van der Waals surface area contributed by atoms with Crippen molar-refractivity contribution in [1.82, 2.24) is 9.97 Å². The number of aromatic nitrogens is 2. The van der Waals surface area contributed by atoms with Crippen LogP contribution >= 0.6 is 0 Å². The SMILES string of the molecule is CCCNc1cc(N(C)C2CCCC(C)C2)ncn1. The standard InChI is InChI=1S/C15H26N4/c1-4-8-16-14-10-15(18-11-17-14)19(3)13-7-5-6-12(2)9-13/h10-13H,4-9H2,1-3H3,(H,16,17,18). The Kier molecular flexibility index (Phi) is 5.00. The molecule has 1 aromatic heterocycles. The van der Waals surface area contributed by atoms with Crippen molar-refractivity contribution in [2.75, 3.05) is 23.8 Å². The van der Waals surface area contributed by atoms with Gasteiger partial charge < -0.3 is 10.2 Å². The van der Waals surface area contributed by atoms with E-state index in [0.29, 0.717) is 6.04 Å². The molecule has 1 heterocycles. The van der Waals surface area contributed by atoms with E-state index in [2.05, 4.69) is 47.1 Å². The van der Waals surface area contributed by atoms with Gasteiger partial charge in [-0.25, -0.2) is 9.97 Å². The lowest BCUT2D eigenvalue weighted by Gasteiger charge is -2.34. The van der Waals surface area contributed by atoms with Gasteiger partial charge in [0.25, 0.3) is 0 Å². The van der Waals surface area contributed by atoms with Gasteiger partial charge in [0.2, 0.25) is 0 Å². The molecule has 0 amide bonds. The molecule has 0 bridgehead atoms. The Bertz CT molecular complexity index is 393. The zero-order chi connectivity index (χ0) is 13.7. The second-order valence-corrected chi connectivity index (χ2v) is 5.72. The van der Waals surface area contributed by atoms with Crippen LogP contribution in [-0.2, 0) is 0 Å². The van der Waals surface area contributed by atoms with Crippen molar-refractivity contribution in [2.45, 2.75) is 52.0 Å². The van der Waals surface area contributed by atoms with Gasteiger partial charge in [-0.1, -0.05) is 26.7 Å². The van der Waals surface area contributed by atoms with E-state index in [-0.39, 0.29) is 0 Å². The first-order valence-electron chi connectivity index (χ1n) is 7.49. The number of anilines is 2. The van der Waals surface area contributed by atoms with Crippen molar-refractivity contribution >= 4 is 11.6 Å². The largest absolute Gasteiger partial charge is 0.370 e. The molecule has 2 unspecified atom stereocenters. The van der Waals surface area contributed by atoms with Crippen LogP contribution in [0.5, 0.6) is 0 Å². The van der Waals surface area contributed by atoms with E-state index in [4.69, 9.17) is 0 Å². The molecular formula is C15H26N4. The van der Waals surface area contributed by atoms with E-state index in [1.54, 1.807) is 6.33 Å². The summed E-state index contributed by atoms with van der Waals surface area (Å²) in [5.74, 6) is 2.80. The fourth-order valence-corrected chi connectivity index (χ4v) is 2.83. The molecule has 19 heavy (non-hydrogen) atoms. The molecule has 1 aliphatic rings. The highest BCUT2D eigenvalue weighted by Crippen LogP contribution is 2.29. The Labute approximate surface area is 116 Å². The third-order valence-electron chi connectivity index (χ3n) is 4.03. The Hall–Kier alpha value is -1.32. The number of rotatable bonds is 5. The smallest absolute Gasteiger partial charge is 0.134 e. The maximum absolute atomic E-state index is 4.42. The molecule has 4 heteroatoms. The molecule has 0 saturated heterocycles. The van der Waals surface area contributed by atoms with Crippen molar-refractivity contribution < 1.29 is 0 Å². The molecule has 1 aliphatic carbocycles. The number of hydrogen-bond donors (Lipinski definition) is 1. The highest BCUT2D eigenvalue weighted by atomic mass is 15.2. The summed E-state index contributed by atoms with van der Waals surface area (Å²) in [5.41, 5.74) is 0. The van der Waals surface area contributed by atoms with Crippen LogP contribution in [0.2, 0.25) is 0 Å². The molecule has 0 spiro atoms. The van der Waals surface area contributed by atoms with E-state index >= 15 is 0 Å². The predicted octanol–water partition coefficient (Wildman–Crippen LogP) is 3.31. The average Bonchev–Trinajstić information content (AvgIpc) is 2.44. The Morgan fingerprint density at radius 3 is 2.95 bits per heavy atom. The van der Waals surface area contributed by atoms with Gasteiger partial charge in [0, 0.05) is 25.7 Å². The van der Waals surface area contributed by atoms with Gasteiger partial charge >= 0.3 is 0 Å². The second kappa shape index (κ2) is 6.73. The van der Waals surface area contributed by atoms with Crippen molar-refractivity contribution in [3.05, 3.63) is 12.4 Å². The Morgan fingerprint density at radius 1 is 1.37 bits per heavy atom. The summed E-state index contributed by atoms with van der Waals surface area (Å²) in [6.45, 7) is 5.47. The minimum atomic E-state index is 0.623. The fraction of sp³-hybridized carbons (Fsp3) is 0.733. The molecular weight excluding hydrogens is 236 g/mol. The number of hydrogen-bond acceptors (Lipinski definition) is 4. The van der Waals surface area contributed by atoms with E-state index in [9.17, 15) is 0 Å². The molecule has 0 aromatic carbocycles. The molecule has 4 nitrogen and oxygen atoms in total. The molecule has 1 saturated carbocycles. The van der Waals surface area contributed by atoms with Crippen LogP contribution in [0, 0.1) is 5.92 Å². The maximum atomic E-state index is 4.42. The average molecular weight is 262 g/mol. The molecule has 1 fully saturated rings. The van der Waals surface area contributed by atoms with Crippen molar-refractivity contribution in [1.29, 1.82) is 0 Å². The van der Waals surface area contributed by atoms with Crippen LogP contribution in [-0.4, -0.2) is 29.6 Å². The Balaban J connectivity index is 2.03. The number of nitrogens with zero attached hydrogens (tertiary/aromatic N) is 3. The lowest BCUT2D eigenvalue weighted by molar-refractivity contribution is 0.335. The van der Waals surface area contributed by atoms with Crippen LogP contribution < -0.4 is 10.2 Å². The summed E-state index contributed by atoms with van der Waals surface area (Å²) in [7, 11) is 2.16. The second-order valence-electron chi connectivity index (χ2n) is 5.72. The third-order valence-corrected chi connectivity index (χ3v) is 4.03. The maximum Gasteiger partial charge on any atom is 0.134 e. The first-order chi connectivity index (χ1) is 9.20. The van der Waals surface area contributed by atoms with Gasteiger partial charge in [-0.2, -0.15) is 0 Å². The predicted molar refractivity (Wildman–Crippen MR) is 80.6 cm³/mol. The van der Waals surface area contributed by atoms with Gasteiger partial charge in [-0.15, -0.1) is 0 Å². The van der Waals surface area contributed by atoms with Crippen LogP contribution in [0.4, 0.5) is 11.6 Å². The lowest BCUT2D eigenvalue weighted by atomic mass is 9.86. The first-order valence-corrected chi connectivity index (χ1v) is 7.49. The Morgan fingerprint density at radius 2 is 2.21 bits per heavy atom. The molecule has 2 atom stereocenters. The van der Waals surface area contributed by atoms with Gasteiger partial charge in [0.15, 0.2) is 0 Å². The highest BCUT2D eigenvalue weighted by molar-refractivity contribution is 5.48. The van der Waals surface area contributed by atoms with Crippen molar-refractivity contribution in [2.24, 2.45) is 5.92 Å². The third kappa shape index (κ3) is 3.82. The van der Waals surface area contributed by atoms with Gasteiger partial charge in [-0.05, 0) is 25.2 Å². The molecule has 0 aliphatic heterocycles. The summed E-state index contributed by atoms with van der Waals surface area (Å²) < 4.78 is 0.